The van der Waals surface area contributed by atoms with Gasteiger partial charge in [-0.25, -0.2) is 9.97 Å². The number of halogens is 1. The van der Waals surface area contributed by atoms with Gasteiger partial charge in [0, 0.05) is 10.9 Å². The predicted octanol–water partition coefficient (Wildman–Crippen LogP) is 5.26. The number of ether oxygens (including phenoxy) is 1. The summed E-state index contributed by atoms with van der Waals surface area (Å²) in [5.74, 6) is 0.525. The van der Waals surface area contributed by atoms with E-state index < -0.39 is 0 Å². The van der Waals surface area contributed by atoms with Gasteiger partial charge in [0.1, 0.15) is 16.3 Å². The van der Waals surface area contributed by atoms with Gasteiger partial charge in [0.2, 0.25) is 5.91 Å². The summed E-state index contributed by atoms with van der Waals surface area (Å²) in [6.45, 7) is 0. The number of carbonyl (C=O) groups is 1. The van der Waals surface area contributed by atoms with Crippen LogP contribution in [0.5, 0.6) is 5.75 Å². The standard InChI is InChI=1S/C19H14ClN3O2S2/c1-25-14-7-4-8-15-17(14)23-19(27-15)22-16(24)9-11-10-26-18(21-11)12-5-2-3-6-13(12)20/h2-8,10H,9H2,1H3,(H,22,23,24). The Hall–Kier alpha value is -2.48. The van der Waals surface area contributed by atoms with Gasteiger partial charge in [0.25, 0.3) is 0 Å². The molecule has 0 aliphatic heterocycles. The van der Waals surface area contributed by atoms with Crippen LogP contribution in [-0.2, 0) is 11.2 Å². The minimum Gasteiger partial charge on any atom is -0.494 e. The van der Waals surface area contributed by atoms with Crippen LogP contribution >= 0.6 is 34.3 Å². The van der Waals surface area contributed by atoms with Crippen LogP contribution < -0.4 is 10.1 Å². The number of thiazole rings is 2. The number of aromatic nitrogens is 2. The first-order chi connectivity index (χ1) is 13.1. The Balaban J connectivity index is 1.48. The van der Waals surface area contributed by atoms with E-state index in [9.17, 15) is 4.79 Å². The zero-order valence-corrected chi connectivity index (χ0v) is 16.6. The summed E-state index contributed by atoms with van der Waals surface area (Å²) in [7, 11) is 1.60. The Labute approximate surface area is 168 Å². The van der Waals surface area contributed by atoms with Crippen LogP contribution in [0, 0.1) is 0 Å². The second-order valence-corrected chi connectivity index (χ2v) is 7.97. The van der Waals surface area contributed by atoms with E-state index in [1.807, 2.05) is 47.8 Å². The summed E-state index contributed by atoms with van der Waals surface area (Å²) in [6, 6.07) is 13.2. The van der Waals surface area contributed by atoms with Crippen molar-refractivity contribution in [2.45, 2.75) is 6.42 Å². The smallest absolute Gasteiger partial charge is 0.232 e. The summed E-state index contributed by atoms with van der Waals surface area (Å²) in [4.78, 5) is 21.4. The number of carbonyl (C=O) groups excluding carboxylic acids is 1. The molecule has 0 fully saturated rings. The molecule has 4 rings (SSSR count). The molecule has 136 valence electrons. The summed E-state index contributed by atoms with van der Waals surface area (Å²) in [6.07, 6.45) is 0.175. The average molecular weight is 416 g/mol. The molecule has 1 amide bonds. The van der Waals surface area contributed by atoms with E-state index >= 15 is 0 Å². The van der Waals surface area contributed by atoms with Crippen LogP contribution in [-0.4, -0.2) is 23.0 Å². The first-order valence-electron chi connectivity index (χ1n) is 8.07. The number of rotatable bonds is 5. The van der Waals surface area contributed by atoms with Gasteiger partial charge in [0.15, 0.2) is 5.13 Å². The lowest BCUT2D eigenvalue weighted by Crippen LogP contribution is -2.14. The Bertz CT molecular complexity index is 1120. The van der Waals surface area contributed by atoms with Crippen molar-refractivity contribution < 1.29 is 9.53 Å². The molecule has 5 nitrogen and oxygen atoms in total. The van der Waals surface area contributed by atoms with Crippen molar-refractivity contribution in [2.75, 3.05) is 12.4 Å². The van der Waals surface area contributed by atoms with Crippen LogP contribution in [0.3, 0.4) is 0 Å². The maximum atomic E-state index is 12.4. The maximum absolute atomic E-state index is 12.4. The Morgan fingerprint density at radius 2 is 2.04 bits per heavy atom. The molecule has 0 saturated heterocycles. The Morgan fingerprint density at radius 1 is 1.19 bits per heavy atom. The Morgan fingerprint density at radius 3 is 2.85 bits per heavy atom. The van der Waals surface area contributed by atoms with Crippen molar-refractivity contribution in [1.82, 2.24) is 9.97 Å². The molecular weight excluding hydrogens is 402 g/mol. The van der Waals surface area contributed by atoms with Crippen molar-refractivity contribution >= 4 is 55.5 Å². The van der Waals surface area contributed by atoms with E-state index in [1.165, 1.54) is 22.7 Å². The van der Waals surface area contributed by atoms with Crippen molar-refractivity contribution in [3.63, 3.8) is 0 Å². The number of amides is 1. The summed E-state index contributed by atoms with van der Waals surface area (Å²) >= 11 is 9.09. The van der Waals surface area contributed by atoms with Crippen molar-refractivity contribution in [3.8, 4) is 16.3 Å². The lowest BCUT2D eigenvalue weighted by molar-refractivity contribution is -0.115. The van der Waals surface area contributed by atoms with E-state index in [0.717, 1.165) is 20.8 Å². The minimum atomic E-state index is -0.163. The SMILES string of the molecule is COc1cccc2sc(NC(=O)Cc3csc(-c4ccccc4Cl)n3)nc12. The molecule has 4 aromatic rings. The number of anilines is 1. The molecule has 0 spiro atoms. The first kappa shape index (κ1) is 17.9. The van der Waals surface area contributed by atoms with Gasteiger partial charge >= 0.3 is 0 Å². The fraction of sp³-hybridized carbons (Fsp3) is 0.105. The third-order valence-corrected chi connectivity index (χ3v) is 6.04. The van der Waals surface area contributed by atoms with E-state index in [4.69, 9.17) is 16.3 Å². The highest BCUT2D eigenvalue weighted by Gasteiger charge is 2.14. The van der Waals surface area contributed by atoms with Crippen LogP contribution in [0.15, 0.2) is 47.8 Å². The fourth-order valence-corrected chi connectivity index (χ4v) is 4.66. The van der Waals surface area contributed by atoms with E-state index in [-0.39, 0.29) is 12.3 Å². The summed E-state index contributed by atoms with van der Waals surface area (Å²) in [5.41, 5.74) is 2.31. The fourth-order valence-electron chi connectivity index (χ4n) is 2.62. The molecule has 27 heavy (non-hydrogen) atoms. The van der Waals surface area contributed by atoms with E-state index in [0.29, 0.717) is 21.6 Å². The quantitative estimate of drug-likeness (QED) is 0.482. The zero-order chi connectivity index (χ0) is 18.8. The minimum absolute atomic E-state index is 0.163. The highest BCUT2D eigenvalue weighted by atomic mass is 35.5. The molecule has 0 radical (unpaired) electrons. The van der Waals surface area contributed by atoms with Gasteiger partial charge in [0.05, 0.1) is 28.9 Å². The maximum Gasteiger partial charge on any atom is 0.232 e. The third-order valence-electron chi connectivity index (χ3n) is 3.85. The summed E-state index contributed by atoms with van der Waals surface area (Å²) in [5, 5.41) is 6.70. The van der Waals surface area contributed by atoms with E-state index in [1.54, 1.807) is 7.11 Å². The predicted molar refractivity (Wildman–Crippen MR) is 111 cm³/mol. The van der Waals surface area contributed by atoms with Crippen LogP contribution in [0.4, 0.5) is 5.13 Å². The van der Waals surface area contributed by atoms with Crippen molar-refractivity contribution in [2.24, 2.45) is 0 Å². The van der Waals surface area contributed by atoms with Gasteiger partial charge in [-0.3, -0.25) is 4.79 Å². The van der Waals surface area contributed by atoms with Crippen LogP contribution in [0.2, 0.25) is 5.02 Å². The largest absolute Gasteiger partial charge is 0.494 e. The van der Waals surface area contributed by atoms with Gasteiger partial charge in [-0.05, 0) is 18.2 Å². The number of nitrogens with one attached hydrogen (secondary N) is 1. The number of hydrogen-bond donors (Lipinski definition) is 1. The molecule has 0 atom stereocenters. The van der Waals surface area contributed by atoms with Gasteiger partial charge < -0.3 is 10.1 Å². The molecule has 0 saturated carbocycles. The molecule has 2 aromatic carbocycles. The zero-order valence-electron chi connectivity index (χ0n) is 14.2. The van der Waals surface area contributed by atoms with Crippen molar-refractivity contribution in [3.05, 3.63) is 58.6 Å². The molecule has 2 aromatic heterocycles. The molecule has 0 unspecified atom stereocenters. The van der Waals surface area contributed by atoms with Crippen LogP contribution in [0.25, 0.3) is 20.8 Å². The highest BCUT2D eigenvalue weighted by Crippen LogP contribution is 2.32. The number of fused-ring (bicyclic) bond motifs is 1. The second-order valence-electron chi connectivity index (χ2n) is 5.67. The number of hydrogen-bond acceptors (Lipinski definition) is 6. The van der Waals surface area contributed by atoms with Gasteiger partial charge in [-0.2, -0.15) is 0 Å². The molecule has 8 heteroatoms. The lowest BCUT2D eigenvalue weighted by Gasteiger charge is -2.00. The number of nitrogens with zero attached hydrogens (tertiary/aromatic N) is 2. The van der Waals surface area contributed by atoms with E-state index in [2.05, 4.69) is 15.3 Å². The normalized spacial score (nSPS) is 10.9. The summed E-state index contributed by atoms with van der Waals surface area (Å²) < 4.78 is 6.27. The van der Waals surface area contributed by atoms with Gasteiger partial charge in [-0.1, -0.05) is 47.2 Å². The average Bonchev–Trinajstić information content (AvgIpc) is 3.28. The van der Waals surface area contributed by atoms with Gasteiger partial charge in [-0.15, -0.1) is 11.3 Å². The highest BCUT2D eigenvalue weighted by molar-refractivity contribution is 7.22. The molecule has 2 heterocycles. The Kier molecular flexibility index (Phi) is 5.07. The lowest BCUT2D eigenvalue weighted by atomic mass is 10.2. The second kappa shape index (κ2) is 7.64. The molecule has 0 aliphatic rings. The molecule has 1 N–H and O–H groups in total. The molecular formula is C19H14ClN3O2S2. The first-order valence-corrected chi connectivity index (χ1v) is 10.1. The molecule has 0 bridgehead atoms. The topological polar surface area (TPSA) is 64.1 Å². The van der Waals surface area contributed by atoms with Crippen LogP contribution in [0.1, 0.15) is 5.69 Å². The molecule has 0 aliphatic carbocycles. The number of benzene rings is 2. The monoisotopic (exact) mass is 415 g/mol. The number of para-hydroxylation sites is 1. The third kappa shape index (κ3) is 3.80. The van der Waals surface area contributed by atoms with Crippen molar-refractivity contribution in [1.29, 1.82) is 0 Å². The number of methoxy groups -OCH3 is 1.